The van der Waals surface area contributed by atoms with Gasteiger partial charge in [0.25, 0.3) is 8.32 Å². The molecular formula is C44H64O7Si2. The topological polar surface area (TPSA) is 83.5 Å². The molecule has 4 atom stereocenters. The van der Waals surface area contributed by atoms with Crippen molar-refractivity contribution in [3.05, 3.63) is 103 Å². The largest absolute Gasteiger partial charge is 0.497 e. The van der Waals surface area contributed by atoms with Gasteiger partial charge in [-0.15, -0.1) is 0 Å². The van der Waals surface area contributed by atoms with Gasteiger partial charge in [0.05, 0.1) is 44.6 Å². The molecule has 0 spiro atoms. The lowest BCUT2D eigenvalue weighted by molar-refractivity contribution is -0.139. The van der Waals surface area contributed by atoms with Gasteiger partial charge in [-0.05, 0) is 76.9 Å². The molecule has 1 N–H and O–H groups in total. The molecule has 1 aliphatic rings. The molecule has 4 rings (SSSR count). The molecule has 1 fully saturated rings. The minimum atomic E-state index is -2.73. The minimum absolute atomic E-state index is 0.0335. The van der Waals surface area contributed by atoms with Crippen molar-refractivity contribution in [1.29, 1.82) is 0 Å². The molecule has 0 bridgehead atoms. The molecule has 7 nitrogen and oxygen atoms in total. The first kappa shape index (κ1) is 42.7. The molecule has 3 aromatic rings. The molecule has 0 aliphatic carbocycles. The number of rotatable bonds is 18. The van der Waals surface area contributed by atoms with Crippen LogP contribution >= 0.6 is 0 Å². The maximum atomic E-state index is 11.9. The van der Waals surface area contributed by atoms with Crippen LogP contribution in [-0.4, -0.2) is 65.8 Å². The molecule has 3 aromatic carbocycles. The number of hydrogen-bond acceptors (Lipinski definition) is 6. The zero-order valence-electron chi connectivity index (χ0n) is 33.7. The molecule has 1 saturated heterocycles. The van der Waals surface area contributed by atoms with E-state index in [1.54, 1.807) is 7.11 Å². The summed E-state index contributed by atoms with van der Waals surface area (Å²) in [6.45, 7) is 23.1. The summed E-state index contributed by atoms with van der Waals surface area (Å²) in [5.74, 6) is -0.0457. The Bertz CT molecular complexity index is 1540. The van der Waals surface area contributed by atoms with Crippen molar-refractivity contribution in [2.45, 2.75) is 134 Å². The van der Waals surface area contributed by atoms with Crippen molar-refractivity contribution < 1.29 is 33.0 Å². The predicted molar refractivity (Wildman–Crippen MR) is 220 cm³/mol. The summed E-state index contributed by atoms with van der Waals surface area (Å²) in [5.41, 5.74) is 2.18. The highest BCUT2D eigenvalue weighted by Crippen LogP contribution is 2.40. The summed E-state index contributed by atoms with van der Waals surface area (Å²) in [6, 6.07) is 29.4. The Hall–Kier alpha value is -3.06. The van der Waals surface area contributed by atoms with Gasteiger partial charge in [-0.1, -0.05) is 126 Å². The molecule has 3 unspecified atom stereocenters. The molecule has 0 saturated carbocycles. The van der Waals surface area contributed by atoms with Gasteiger partial charge in [0.2, 0.25) is 0 Å². The Morgan fingerprint density at radius 2 is 1.36 bits per heavy atom. The molecule has 1 heterocycles. The van der Waals surface area contributed by atoms with Crippen LogP contribution in [0.25, 0.3) is 0 Å². The lowest BCUT2D eigenvalue weighted by Gasteiger charge is -2.43. The Morgan fingerprint density at radius 1 is 0.830 bits per heavy atom. The van der Waals surface area contributed by atoms with Crippen LogP contribution < -0.4 is 15.1 Å². The van der Waals surface area contributed by atoms with Gasteiger partial charge < -0.3 is 28.2 Å². The van der Waals surface area contributed by atoms with Gasteiger partial charge in [0.15, 0.2) is 8.32 Å². The summed E-state index contributed by atoms with van der Waals surface area (Å²) < 4.78 is 32.8. The summed E-state index contributed by atoms with van der Waals surface area (Å²) in [5, 5.41) is 12.1. The van der Waals surface area contributed by atoms with Crippen LogP contribution in [0.2, 0.25) is 23.2 Å². The number of ether oxygens (including phenoxy) is 3. The third-order valence-electron chi connectivity index (χ3n) is 11.0. The average molecular weight is 761 g/mol. The van der Waals surface area contributed by atoms with Gasteiger partial charge in [-0.3, -0.25) is 4.79 Å². The molecular weight excluding hydrogens is 697 g/mol. The van der Waals surface area contributed by atoms with Crippen molar-refractivity contribution >= 4 is 33.0 Å². The monoisotopic (exact) mass is 760 g/mol. The zero-order chi connectivity index (χ0) is 38.9. The van der Waals surface area contributed by atoms with E-state index in [4.69, 9.17) is 23.1 Å². The van der Waals surface area contributed by atoms with Crippen LogP contribution in [0.15, 0.2) is 97.1 Å². The second-order valence-electron chi connectivity index (χ2n) is 17.2. The van der Waals surface area contributed by atoms with Crippen LogP contribution in [0.4, 0.5) is 0 Å². The fraction of sp³-hybridized carbons (Fsp3) is 0.523. The fourth-order valence-corrected chi connectivity index (χ4v) is 13.2. The van der Waals surface area contributed by atoms with E-state index in [2.05, 4.69) is 122 Å². The first-order valence-electron chi connectivity index (χ1n) is 19.1. The number of methoxy groups -OCH3 is 1. The highest BCUT2D eigenvalue weighted by Gasteiger charge is 2.50. The smallest absolute Gasteiger partial charge is 0.305 e. The summed E-state index contributed by atoms with van der Waals surface area (Å²) in [7, 11) is -3.26. The predicted octanol–water partition coefficient (Wildman–Crippen LogP) is 9.30. The molecule has 0 amide bonds. The SMILES string of the molecule is C=C1CC(CC(CC(=O)O)O[Si](C)(C)C(C)(C)C)OC(C[C@H](CCO[Si](c2ccccc2)(c2ccccc2)C(C)(C)C)OCc2ccc(OC)cc2)C1. The van der Waals surface area contributed by atoms with Crippen molar-refractivity contribution in [2.24, 2.45) is 0 Å². The lowest BCUT2D eigenvalue weighted by Crippen LogP contribution is -2.66. The normalized spacial score (nSPS) is 18.4. The van der Waals surface area contributed by atoms with E-state index >= 15 is 0 Å². The van der Waals surface area contributed by atoms with E-state index in [0.717, 1.165) is 23.3 Å². The van der Waals surface area contributed by atoms with Crippen molar-refractivity contribution in [1.82, 2.24) is 0 Å². The number of aliphatic carboxylic acids is 1. The summed E-state index contributed by atoms with van der Waals surface area (Å²) in [4.78, 5) is 11.9. The third kappa shape index (κ3) is 11.7. The van der Waals surface area contributed by atoms with Crippen molar-refractivity contribution in [3.63, 3.8) is 0 Å². The Labute approximate surface area is 321 Å². The number of carboxylic acids is 1. The first-order valence-corrected chi connectivity index (χ1v) is 24.0. The first-order chi connectivity index (χ1) is 24.9. The molecule has 1 aliphatic heterocycles. The van der Waals surface area contributed by atoms with Gasteiger partial charge in [-0.2, -0.15) is 0 Å². The maximum absolute atomic E-state index is 11.9. The van der Waals surface area contributed by atoms with E-state index < -0.39 is 28.7 Å². The standard InChI is InChI=1S/C44H64O7Si2/c1-33-27-37(50-38(28-33)30-39(31-42(45)46)51-52(9,10)43(2,3)4)29-36(48-32-34-21-23-35(47-8)24-22-34)25-26-49-53(44(5,6)7,40-17-13-11-14-18-40)41-19-15-12-16-20-41/h11-24,36-39H,1,25-32H2,2-10H3,(H,45,46)/t36-,37?,38?,39?/m0/s1. The van der Waals surface area contributed by atoms with Gasteiger partial charge in [-0.25, -0.2) is 0 Å². The maximum Gasteiger partial charge on any atom is 0.305 e. The fourth-order valence-electron chi connectivity index (χ4n) is 7.23. The van der Waals surface area contributed by atoms with E-state index in [1.165, 1.54) is 10.4 Å². The highest BCUT2D eigenvalue weighted by atomic mass is 28.4. The van der Waals surface area contributed by atoms with E-state index in [9.17, 15) is 9.90 Å². The summed E-state index contributed by atoms with van der Waals surface area (Å²) in [6.07, 6.45) is 2.40. The van der Waals surface area contributed by atoms with Crippen LogP contribution in [-0.2, 0) is 29.7 Å². The van der Waals surface area contributed by atoms with Gasteiger partial charge in [0, 0.05) is 13.0 Å². The number of carboxylic acid groups (broad SMARTS) is 1. The second-order valence-corrected chi connectivity index (χ2v) is 26.3. The van der Waals surface area contributed by atoms with E-state index in [0.29, 0.717) is 38.9 Å². The Morgan fingerprint density at radius 3 is 1.83 bits per heavy atom. The van der Waals surface area contributed by atoms with Gasteiger partial charge >= 0.3 is 5.97 Å². The molecule has 9 heteroatoms. The van der Waals surface area contributed by atoms with E-state index in [-0.39, 0.29) is 34.8 Å². The molecule has 0 radical (unpaired) electrons. The average Bonchev–Trinajstić information content (AvgIpc) is 3.08. The highest BCUT2D eigenvalue weighted by molar-refractivity contribution is 6.99. The Kier molecular flexibility index (Phi) is 14.9. The summed E-state index contributed by atoms with van der Waals surface area (Å²) >= 11 is 0. The van der Waals surface area contributed by atoms with Crippen LogP contribution in [0.5, 0.6) is 5.75 Å². The van der Waals surface area contributed by atoms with Crippen LogP contribution in [0.3, 0.4) is 0 Å². The molecule has 290 valence electrons. The number of carbonyl (C=O) groups is 1. The van der Waals surface area contributed by atoms with Gasteiger partial charge in [0.1, 0.15) is 5.75 Å². The van der Waals surface area contributed by atoms with E-state index in [1.807, 2.05) is 24.3 Å². The number of benzene rings is 3. The van der Waals surface area contributed by atoms with Crippen molar-refractivity contribution in [3.8, 4) is 5.75 Å². The van der Waals surface area contributed by atoms with Crippen LogP contribution in [0, 0.1) is 0 Å². The quantitative estimate of drug-likeness (QED) is 0.102. The van der Waals surface area contributed by atoms with Crippen LogP contribution in [0.1, 0.15) is 85.6 Å². The number of hydrogen-bond donors (Lipinski definition) is 1. The second kappa shape index (κ2) is 18.5. The molecule has 53 heavy (non-hydrogen) atoms. The minimum Gasteiger partial charge on any atom is -0.497 e. The third-order valence-corrected chi connectivity index (χ3v) is 20.5. The zero-order valence-corrected chi connectivity index (χ0v) is 35.7. The molecule has 0 aromatic heterocycles. The van der Waals surface area contributed by atoms with Crippen molar-refractivity contribution in [2.75, 3.05) is 13.7 Å². The Balaban J connectivity index is 1.56. The lowest BCUT2D eigenvalue weighted by atomic mass is 9.92.